The van der Waals surface area contributed by atoms with E-state index in [1.54, 1.807) is 27.0 Å². The van der Waals surface area contributed by atoms with E-state index in [9.17, 15) is 9.59 Å². The number of hydrogen-bond acceptors (Lipinski definition) is 5. The highest BCUT2D eigenvalue weighted by Gasteiger charge is 2.28. The molecule has 28 heavy (non-hydrogen) atoms. The topological polar surface area (TPSA) is 74.8 Å². The van der Waals surface area contributed by atoms with Crippen molar-refractivity contribution in [2.24, 2.45) is 0 Å². The Balaban J connectivity index is 1.60. The number of benzene rings is 1. The average Bonchev–Trinajstić information content (AvgIpc) is 2.64. The molecule has 7 heteroatoms. The Morgan fingerprint density at radius 1 is 1.25 bits per heavy atom. The maximum Gasteiger partial charge on any atom is 0.408 e. The minimum absolute atomic E-state index is 0.0405. The lowest BCUT2D eigenvalue weighted by molar-refractivity contribution is -0.132. The first kappa shape index (κ1) is 19.9. The van der Waals surface area contributed by atoms with Crippen LogP contribution in [0, 0.1) is 0 Å². The van der Waals surface area contributed by atoms with Gasteiger partial charge in [0.25, 0.3) is 0 Å². The van der Waals surface area contributed by atoms with Gasteiger partial charge in [-0.1, -0.05) is 12.1 Å². The molecule has 1 saturated heterocycles. The molecule has 1 aliphatic heterocycles. The molecule has 1 N–H and O–H groups in total. The Bertz CT molecular complexity index is 857. The van der Waals surface area contributed by atoms with Crippen LogP contribution in [0.3, 0.4) is 0 Å². The second kappa shape index (κ2) is 8.04. The fourth-order valence-corrected chi connectivity index (χ4v) is 3.49. The molecule has 2 aromatic rings. The van der Waals surface area contributed by atoms with Gasteiger partial charge < -0.3 is 19.9 Å². The van der Waals surface area contributed by atoms with Crippen LogP contribution in [0.2, 0.25) is 0 Å². The molecule has 0 spiro atoms. The number of nitrogens with one attached hydrogen (secondary N) is 1. The first-order valence-electron chi connectivity index (χ1n) is 9.58. The SMILES string of the molecule is CC1CN(c2cccc3cnccc23)CCN1C(=O)CNC(=O)OC(C)(C)C. The number of anilines is 1. The Morgan fingerprint density at radius 3 is 2.75 bits per heavy atom. The Labute approximate surface area is 165 Å². The first-order valence-corrected chi connectivity index (χ1v) is 9.58. The van der Waals surface area contributed by atoms with Crippen molar-refractivity contribution in [3.63, 3.8) is 0 Å². The fourth-order valence-electron chi connectivity index (χ4n) is 3.49. The number of nitrogens with zero attached hydrogens (tertiary/aromatic N) is 3. The third kappa shape index (κ3) is 4.71. The maximum absolute atomic E-state index is 12.6. The third-order valence-corrected chi connectivity index (χ3v) is 4.73. The Morgan fingerprint density at radius 2 is 2.04 bits per heavy atom. The molecule has 0 saturated carbocycles. The van der Waals surface area contributed by atoms with Crippen LogP contribution in [-0.4, -0.2) is 59.7 Å². The number of rotatable bonds is 3. The summed E-state index contributed by atoms with van der Waals surface area (Å²) in [7, 11) is 0. The van der Waals surface area contributed by atoms with E-state index in [-0.39, 0.29) is 18.5 Å². The van der Waals surface area contributed by atoms with Crippen LogP contribution in [-0.2, 0) is 9.53 Å². The minimum Gasteiger partial charge on any atom is -0.444 e. The van der Waals surface area contributed by atoms with Gasteiger partial charge in [-0.25, -0.2) is 4.79 Å². The van der Waals surface area contributed by atoms with Gasteiger partial charge in [0.1, 0.15) is 12.1 Å². The summed E-state index contributed by atoms with van der Waals surface area (Å²) in [5.41, 5.74) is 0.575. The Hall–Kier alpha value is -2.83. The van der Waals surface area contributed by atoms with Gasteiger partial charge in [0.05, 0.1) is 0 Å². The fraction of sp³-hybridized carbons (Fsp3) is 0.476. The average molecular weight is 384 g/mol. The van der Waals surface area contributed by atoms with Crippen molar-refractivity contribution in [2.45, 2.75) is 39.3 Å². The zero-order valence-electron chi connectivity index (χ0n) is 16.9. The lowest BCUT2D eigenvalue weighted by Crippen LogP contribution is -2.56. The van der Waals surface area contributed by atoms with Gasteiger partial charge in [-0.2, -0.15) is 0 Å². The molecule has 3 rings (SSSR count). The van der Waals surface area contributed by atoms with Crippen LogP contribution in [0.1, 0.15) is 27.7 Å². The summed E-state index contributed by atoms with van der Waals surface area (Å²) in [4.78, 5) is 32.6. The van der Waals surface area contributed by atoms with Gasteiger partial charge >= 0.3 is 6.09 Å². The van der Waals surface area contributed by atoms with Gasteiger partial charge in [-0.05, 0) is 39.8 Å². The second-order valence-corrected chi connectivity index (χ2v) is 8.11. The monoisotopic (exact) mass is 384 g/mol. The second-order valence-electron chi connectivity index (χ2n) is 8.11. The molecule has 1 atom stereocenters. The van der Waals surface area contributed by atoms with Crippen molar-refractivity contribution < 1.29 is 14.3 Å². The zero-order valence-corrected chi connectivity index (χ0v) is 16.9. The van der Waals surface area contributed by atoms with E-state index in [1.165, 1.54) is 0 Å². The van der Waals surface area contributed by atoms with E-state index < -0.39 is 11.7 Å². The highest BCUT2D eigenvalue weighted by molar-refractivity contribution is 5.93. The van der Waals surface area contributed by atoms with Crippen LogP contribution in [0.25, 0.3) is 10.8 Å². The molecule has 150 valence electrons. The van der Waals surface area contributed by atoms with Crippen molar-refractivity contribution in [1.29, 1.82) is 0 Å². The first-order chi connectivity index (χ1) is 13.2. The summed E-state index contributed by atoms with van der Waals surface area (Å²) >= 11 is 0. The number of amides is 2. The molecular weight excluding hydrogens is 356 g/mol. The number of pyridine rings is 1. The third-order valence-electron chi connectivity index (χ3n) is 4.73. The number of piperazine rings is 1. The van der Waals surface area contributed by atoms with Gasteiger partial charge in [0.2, 0.25) is 5.91 Å². The summed E-state index contributed by atoms with van der Waals surface area (Å²) < 4.78 is 5.18. The predicted molar refractivity (Wildman–Crippen MR) is 109 cm³/mol. The highest BCUT2D eigenvalue weighted by Crippen LogP contribution is 2.28. The molecule has 0 radical (unpaired) electrons. The number of carbonyl (C=O) groups excluding carboxylic acids is 2. The summed E-state index contributed by atoms with van der Waals surface area (Å²) in [6.45, 7) is 9.43. The van der Waals surface area contributed by atoms with E-state index >= 15 is 0 Å². The quantitative estimate of drug-likeness (QED) is 0.881. The zero-order chi connectivity index (χ0) is 20.3. The van der Waals surface area contributed by atoms with Crippen LogP contribution in [0.15, 0.2) is 36.7 Å². The lowest BCUT2D eigenvalue weighted by Gasteiger charge is -2.41. The summed E-state index contributed by atoms with van der Waals surface area (Å²) in [5, 5.41) is 4.82. The number of fused-ring (bicyclic) bond motifs is 1. The summed E-state index contributed by atoms with van der Waals surface area (Å²) in [6.07, 6.45) is 3.10. The van der Waals surface area contributed by atoms with Gasteiger partial charge in [0.15, 0.2) is 0 Å². The molecule has 0 bridgehead atoms. The maximum atomic E-state index is 12.6. The minimum atomic E-state index is -0.583. The number of ether oxygens (including phenoxy) is 1. The number of carbonyl (C=O) groups is 2. The number of aromatic nitrogens is 1. The van der Waals surface area contributed by atoms with Crippen molar-refractivity contribution in [3.05, 3.63) is 36.7 Å². The van der Waals surface area contributed by atoms with E-state index in [4.69, 9.17) is 4.74 Å². The number of hydrogen-bond donors (Lipinski definition) is 1. The Kier molecular flexibility index (Phi) is 5.72. The van der Waals surface area contributed by atoms with Crippen LogP contribution in [0.5, 0.6) is 0 Å². The van der Waals surface area contributed by atoms with Crippen LogP contribution in [0.4, 0.5) is 10.5 Å². The molecule has 2 amide bonds. The van der Waals surface area contributed by atoms with E-state index in [0.717, 1.165) is 29.5 Å². The standard InChI is InChI=1S/C21H28N4O3/c1-15-14-24(18-7-5-6-16-12-22-9-8-17(16)18)10-11-25(15)19(26)13-23-20(27)28-21(2,3)4/h5-9,12,15H,10-11,13-14H2,1-4H3,(H,23,27). The molecule has 1 aromatic carbocycles. The van der Waals surface area contributed by atoms with Gasteiger partial charge in [0, 0.05) is 54.5 Å². The van der Waals surface area contributed by atoms with Gasteiger partial charge in [-0.3, -0.25) is 9.78 Å². The molecule has 0 aliphatic carbocycles. The smallest absolute Gasteiger partial charge is 0.408 e. The molecule has 1 aromatic heterocycles. The van der Waals surface area contributed by atoms with E-state index in [0.29, 0.717) is 6.54 Å². The van der Waals surface area contributed by atoms with Crippen molar-refractivity contribution in [1.82, 2.24) is 15.2 Å². The summed E-state index contributed by atoms with van der Waals surface area (Å²) in [5.74, 6) is -0.0971. The van der Waals surface area contributed by atoms with Crippen molar-refractivity contribution in [3.8, 4) is 0 Å². The van der Waals surface area contributed by atoms with Crippen LogP contribution >= 0.6 is 0 Å². The lowest BCUT2D eigenvalue weighted by atomic mass is 10.1. The van der Waals surface area contributed by atoms with Crippen molar-refractivity contribution >= 4 is 28.5 Å². The van der Waals surface area contributed by atoms with Gasteiger partial charge in [-0.15, -0.1) is 0 Å². The molecule has 1 unspecified atom stereocenters. The van der Waals surface area contributed by atoms with E-state index in [2.05, 4.69) is 27.3 Å². The molecular formula is C21H28N4O3. The normalized spacial score (nSPS) is 17.5. The van der Waals surface area contributed by atoms with E-state index in [1.807, 2.05) is 30.2 Å². The van der Waals surface area contributed by atoms with Crippen molar-refractivity contribution in [2.75, 3.05) is 31.1 Å². The molecule has 1 fully saturated rings. The number of alkyl carbamates (subject to hydrolysis) is 1. The highest BCUT2D eigenvalue weighted by atomic mass is 16.6. The summed E-state index contributed by atoms with van der Waals surface area (Å²) in [6, 6.07) is 8.26. The molecule has 2 heterocycles. The largest absolute Gasteiger partial charge is 0.444 e. The molecule has 1 aliphatic rings. The van der Waals surface area contributed by atoms with Crippen LogP contribution < -0.4 is 10.2 Å². The molecule has 7 nitrogen and oxygen atoms in total. The predicted octanol–water partition coefficient (Wildman–Crippen LogP) is 2.80.